The second kappa shape index (κ2) is 9.26. The van der Waals surface area contributed by atoms with Crippen LogP contribution in [0.1, 0.15) is 15.9 Å². The fourth-order valence-corrected chi connectivity index (χ4v) is 4.62. The van der Waals surface area contributed by atoms with Gasteiger partial charge in [-0.2, -0.15) is 10.2 Å². The van der Waals surface area contributed by atoms with Crippen LogP contribution in [0.3, 0.4) is 0 Å². The number of rotatable bonds is 6. The standard InChI is InChI=1S/C27H26N8O/c1-32-18-23(16-30-32)22-7-8-24-25(17-31-35(24)19-22)33-9-11-34(12-10-33)27-28-14-20(15-29-27)13-26(36)21-5-3-2-4-6-21/h2-8,14-19H,9-13H2,1H3. The van der Waals surface area contributed by atoms with Gasteiger partial charge in [-0.25, -0.2) is 14.5 Å². The van der Waals surface area contributed by atoms with Crippen molar-refractivity contribution >= 4 is 22.9 Å². The summed E-state index contributed by atoms with van der Waals surface area (Å²) in [6.07, 6.45) is 11.7. The van der Waals surface area contributed by atoms with Crippen LogP contribution in [-0.2, 0) is 13.5 Å². The minimum atomic E-state index is 0.0709. The lowest BCUT2D eigenvalue weighted by Gasteiger charge is -2.35. The van der Waals surface area contributed by atoms with Gasteiger partial charge in [-0.15, -0.1) is 0 Å². The Labute approximate surface area is 208 Å². The summed E-state index contributed by atoms with van der Waals surface area (Å²) in [6.45, 7) is 3.33. The van der Waals surface area contributed by atoms with Crippen LogP contribution >= 0.6 is 0 Å². The zero-order chi connectivity index (χ0) is 24.5. The van der Waals surface area contributed by atoms with Crippen LogP contribution < -0.4 is 9.80 Å². The van der Waals surface area contributed by atoms with Crippen molar-refractivity contribution in [3.05, 3.63) is 90.8 Å². The van der Waals surface area contributed by atoms with Crippen LogP contribution in [0.5, 0.6) is 0 Å². The summed E-state index contributed by atoms with van der Waals surface area (Å²) < 4.78 is 3.73. The van der Waals surface area contributed by atoms with Crippen LogP contribution in [0.15, 0.2) is 79.6 Å². The molecule has 1 aromatic carbocycles. The van der Waals surface area contributed by atoms with Gasteiger partial charge in [0.05, 0.1) is 23.6 Å². The second-order valence-corrected chi connectivity index (χ2v) is 9.01. The number of pyridine rings is 1. The van der Waals surface area contributed by atoms with Crippen molar-refractivity contribution in [2.45, 2.75) is 6.42 Å². The molecule has 0 unspecified atom stereocenters. The van der Waals surface area contributed by atoms with Gasteiger partial charge in [0.25, 0.3) is 0 Å². The molecule has 0 radical (unpaired) electrons. The summed E-state index contributed by atoms with van der Waals surface area (Å²) in [7, 11) is 1.92. The average Bonchev–Trinajstić information content (AvgIpc) is 3.55. The van der Waals surface area contributed by atoms with Crippen molar-refractivity contribution in [2.24, 2.45) is 7.05 Å². The lowest BCUT2D eigenvalue weighted by molar-refractivity contribution is 0.0992. The summed E-state index contributed by atoms with van der Waals surface area (Å²) in [5.74, 6) is 0.771. The van der Waals surface area contributed by atoms with Crippen molar-refractivity contribution in [3.8, 4) is 11.1 Å². The van der Waals surface area contributed by atoms with Gasteiger partial charge < -0.3 is 9.80 Å². The molecule has 1 aliphatic rings. The first-order valence-corrected chi connectivity index (χ1v) is 12.0. The lowest BCUT2D eigenvalue weighted by Crippen LogP contribution is -2.47. The topological polar surface area (TPSA) is 84.5 Å². The van der Waals surface area contributed by atoms with Gasteiger partial charge in [-0.1, -0.05) is 36.4 Å². The second-order valence-electron chi connectivity index (χ2n) is 9.01. The monoisotopic (exact) mass is 478 g/mol. The lowest BCUT2D eigenvalue weighted by atomic mass is 10.1. The molecule has 9 nitrogen and oxygen atoms in total. The predicted octanol–water partition coefficient (Wildman–Crippen LogP) is 3.28. The Morgan fingerprint density at radius 1 is 0.806 bits per heavy atom. The number of aromatic nitrogens is 6. The fourth-order valence-electron chi connectivity index (χ4n) is 4.62. The summed E-state index contributed by atoms with van der Waals surface area (Å²) in [5, 5.41) is 8.86. The molecule has 0 amide bonds. The number of carbonyl (C=O) groups is 1. The van der Waals surface area contributed by atoms with Crippen LogP contribution in [-0.4, -0.2) is 61.3 Å². The number of carbonyl (C=O) groups excluding carboxylic acids is 1. The van der Waals surface area contributed by atoms with E-state index >= 15 is 0 Å². The summed E-state index contributed by atoms with van der Waals surface area (Å²) in [4.78, 5) is 26.1. The van der Waals surface area contributed by atoms with E-state index in [1.54, 1.807) is 17.1 Å². The Morgan fingerprint density at radius 2 is 1.56 bits per heavy atom. The normalized spacial score (nSPS) is 13.9. The molecule has 0 atom stereocenters. The molecule has 0 N–H and O–H groups in total. The number of benzene rings is 1. The van der Waals surface area contributed by atoms with E-state index in [4.69, 9.17) is 0 Å². The maximum absolute atomic E-state index is 12.5. The van der Waals surface area contributed by atoms with E-state index in [9.17, 15) is 4.79 Å². The molecule has 9 heteroatoms. The number of nitrogens with zero attached hydrogens (tertiary/aromatic N) is 8. The van der Waals surface area contributed by atoms with Crippen molar-refractivity contribution in [2.75, 3.05) is 36.0 Å². The van der Waals surface area contributed by atoms with Crippen molar-refractivity contribution in [1.29, 1.82) is 0 Å². The zero-order valence-corrected chi connectivity index (χ0v) is 20.0. The quantitative estimate of drug-likeness (QED) is 0.346. The molecule has 5 heterocycles. The van der Waals surface area contributed by atoms with E-state index in [0.29, 0.717) is 17.9 Å². The molecule has 1 aliphatic heterocycles. The summed E-state index contributed by atoms with van der Waals surface area (Å²) in [6, 6.07) is 13.6. The van der Waals surface area contributed by atoms with E-state index in [1.165, 1.54) is 0 Å². The van der Waals surface area contributed by atoms with Gasteiger partial charge >= 0.3 is 0 Å². The first-order valence-electron chi connectivity index (χ1n) is 12.0. The minimum Gasteiger partial charge on any atom is -0.365 e. The number of Topliss-reactive ketones (excluding diaryl/α,β-unsaturated/α-hetero) is 1. The highest BCUT2D eigenvalue weighted by atomic mass is 16.1. The number of hydrogen-bond acceptors (Lipinski definition) is 7. The number of aryl methyl sites for hydroxylation is 1. The zero-order valence-electron chi connectivity index (χ0n) is 20.0. The summed E-state index contributed by atoms with van der Waals surface area (Å²) >= 11 is 0. The highest BCUT2D eigenvalue weighted by molar-refractivity contribution is 5.97. The third kappa shape index (κ3) is 4.31. The van der Waals surface area contributed by atoms with Crippen molar-refractivity contribution in [3.63, 3.8) is 0 Å². The largest absolute Gasteiger partial charge is 0.365 e. The highest BCUT2D eigenvalue weighted by Crippen LogP contribution is 2.26. The molecule has 36 heavy (non-hydrogen) atoms. The van der Waals surface area contributed by atoms with Gasteiger partial charge in [0.1, 0.15) is 0 Å². The van der Waals surface area contributed by atoms with Crippen LogP contribution in [0.4, 0.5) is 11.6 Å². The van der Waals surface area contributed by atoms with Crippen LogP contribution in [0.2, 0.25) is 0 Å². The van der Waals surface area contributed by atoms with E-state index in [0.717, 1.165) is 54.1 Å². The van der Waals surface area contributed by atoms with E-state index in [-0.39, 0.29) is 5.78 Å². The summed E-state index contributed by atoms with van der Waals surface area (Å²) in [5.41, 5.74) is 5.89. The molecule has 0 aliphatic carbocycles. The van der Waals surface area contributed by atoms with Crippen LogP contribution in [0, 0.1) is 0 Å². The molecule has 0 saturated carbocycles. The van der Waals surface area contributed by atoms with Crippen molar-refractivity contribution in [1.82, 2.24) is 29.4 Å². The fraction of sp³-hybridized carbons (Fsp3) is 0.222. The number of ketones is 1. The van der Waals surface area contributed by atoms with Crippen LogP contribution in [0.25, 0.3) is 16.6 Å². The third-order valence-corrected chi connectivity index (χ3v) is 6.59. The number of hydrogen-bond donors (Lipinski definition) is 0. The average molecular weight is 479 g/mol. The molecule has 4 aromatic heterocycles. The van der Waals surface area contributed by atoms with E-state index in [2.05, 4.69) is 42.1 Å². The minimum absolute atomic E-state index is 0.0709. The molecule has 5 aromatic rings. The van der Waals surface area contributed by atoms with Gasteiger partial charge in [-0.05, 0) is 11.6 Å². The van der Waals surface area contributed by atoms with E-state index < -0.39 is 0 Å². The number of piperazine rings is 1. The molecule has 1 saturated heterocycles. The smallest absolute Gasteiger partial charge is 0.225 e. The number of fused-ring (bicyclic) bond motifs is 1. The Hall–Kier alpha value is -4.53. The SMILES string of the molecule is Cn1cc(-c2ccc3c(N4CCN(c5ncc(CC(=O)c6ccccc6)cn5)CC4)cnn3c2)cn1. The maximum atomic E-state index is 12.5. The number of anilines is 2. The first kappa shape index (κ1) is 22.0. The van der Waals surface area contributed by atoms with Gasteiger partial charge in [0, 0.05) is 81.1 Å². The molecule has 1 fully saturated rings. The Bertz CT molecular complexity index is 1500. The highest BCUT2D eigenvalue weighted by Gasteiger charge is 2.22. The molecule has 0 bridgehead atoms. The van der Waals surface area contributed by atoms with Gasteiger partial charge in [0.15, 0.2) is 5.78 Å². The van der Waals surface area contributed by atoms with Crippen molar-refractivity contribution < 1.29 is 4.79 Å². The van der Waals surface area contributed by atoms with Gasteiger partial charge in [0.2, 0.25) is 5.95 Å². The molecule has 0 spiro atoms. The predicted molar refractivity (Wildman–Crippen MR) is 138 cm³/mol. The van der Waals surface area contributed by atoms with E-state index in [1.807, 2.05) is 66.7 Å². The Kier molecular flexibility index (Phi) is 5.65. The van der Waals surface area contributed by atoms with Gasteiger partial charge in [-0.3, -0.25) is 9.48 Å². The molecular formula is C27H26N8O. The first-order chi connectivity index (χ1) is 17.6. The molecular weight excluding hydrogens is 452 g/mol. The molecule has 180 valence electrons. The maximum Gasteiger partial charge on any atom is 0.225 e. The molecule has 6 rings (SSSR count). The third-order valence-electron chi connectivity index (χ3n) is 6.59. The Morgan fingerprint density at radius 3 is 2.28 bits per heavy atom. The Balaban J connectivity index is 1.10.